The van der Waals surface area contributed by atoms with Crippen LogP contribution in [0.3, 0.4) is 0 Å². The van der Waals surface area contributed by atoms with Crippen molar-refractivity contribution in [2.24, 2.45) is 0 Å². The van der Waals surface area contributed by atoms with Crippen LogP contribution in [0.5, 0.6) is 0 Å². The minimum atomic E-state index is -0.963. The second-order valence-electron chi connectivity index (χ2n) is 5.26. The van der Waals surface area contributed by atoms with E-state index in [4.69, 9.17) is 9.84 Å². The molecular weight excluding hydrogens is 310 g/mol. The van der Waals surface area contributed by atoms with Crippen molar-refractivity contribution in [3.63, 3.8) is 0 Å². The molecule has 1 aliphatic rings. The quantitative estimate of drug-likeness (QED) is 0.697. The number of carbonyl (C=O) groups is 2. The number of carboxylic acids is 1. The Balaban J connectivity index is 1.87. The Morgan fingerprint density at radius 1 is 1.30 bits per heavy atom. The zero-order valence-electron chi connectivity index (χ0n) is 12.4. The van der Waals surface area contributed by atoms with E-state index in [9.17, 15) is 18.4 Å². The smallest absolute Gasteiger partial charge is 0.315 e. The van der Waals surface area contributed by atoms with Gasteiger partial charge < -0.3 is 20.5 Å². The van der Waals surface area contributed by atoms with Crippen molar-refractivity contribution < 1.29 is 28.2 Å². The molecule has 0 aromatic heterocycles. The minimum absolute atomic E-state index is 0.0235. The van der Waals surface area contributed by atoms with Gasteiger partial charge in [-0.2, -0.15) is 0 Å². The average Bonchev–Trinajstić information content (AvgIpc) is 2.94. The summed E-state index contributed by atoms with van der Waals surface area (Å²) < 4.78 is 31.8. The zero-order chi connectivity index (χ0) is 16.8. The molecule has 126 valence electrons. The lowest BCUT2D eigenvalue weighted by atomic mass is 10.0. The molecule has 1 aliphatic heterocycles. The van der Waals surface area contributed by atoms with Gasteiger partial charge in [0.25, 0.3) is 0 Å². The molecule has 1 aromatic carbocycles. The van der Waals surface area contributed by atoms with E-state index in [-0.39, 0.29) is 19.0 Å². The van der Waals surface area contributed by atoms with Crippen molar-refractivity contribution in [1.29, 1.82) is 0 Å². The molecule has 1 fully saturated rings. The van der Waals surface area contributed by atoms with E-state index in [1.165, 1.54) is 6.07 Å². The van der Waals surface area contributed by atoms with Gasteiger partial charge in [-0.05, 0) is 30.5 Å². The Hall–Kier alpha value is -2.22. The molecule has 0 radical (unpaired) electrons. The molecule has 2 amide bonds. The van der Waals surface area contributed by atoms with Gasteiger partial charge in [-0.1, -0.05) is 6.07 Å². The summed E-state index contributed by atoms with van der Waals surface area (Å²) in [6.07, 6.45) is 0.308. The maximum Gasteiger partial charge on any atom is 0.315 e. The second-order valence-corrected chi connectivity index (χ2v) is 5.26. The maximum atomic E-state index is 13.3. The van der Waals surface area contributed by atoms with Crippen LogP contribution in [-0.2, 0) is 9.53 Å². The van der Waals surface area contributed by atoms with Crippen molar-refractivity contribution in [3.05, 3.63) is 35.4 Å². The summed E-state index contributed by atoms with van der Waals surface area (Å²) in [7, 11) is 0. The molecule has 3 N–H and O–H groups in total. The first-order valence-electron chi connectivity index (χ1n) is 7.30. The number of urea groups is 1. The van der Waals surface area contributed by atoms with Gasteiger partial charge in [0.1, 0.15) is 6.10 Å². The number of nitrogens with one attached hydrogen (secondary N) is 2. The molecule has 6 nitrogen and oxygen atoms in total. The highest BCUT2D eigenvalue weighted by molar-refractivity contribution is 5.74. The third kappa shape index (κ3) is 4.88. The van der Waals surface area contributed by atoms with Gasteiger partial charge in [0.05, 0.1) is 6.04 Å². The molecule has 2 atom stereocenters. The fourth-order valence-electron chi connectivity index (χ4n) is 2.42. The maximum absolute atomic E-state index is 13.3. The van der Waals surface area contributed by atoms with Gasteiger partial charge >= 0.3 is 12.0 Å². The monoisotopic (exact) mass is 328 g/mol. The average molecular weight is 328 g/mol. The molecule has 0 spiro atoms. The van der Waals surface area contributed by atoms with Gasteiger partial charge in [-0.25, -0.2) is 13.6 Å². The summed E-state index contributed by atoms with van der Waals surface area (Å²) in [6, 6.07) is 2.70. The lowest BCUT2D eigenvalue weighted by molar-refractivity contribution is -0.137. The van der Waals surface area contributed by atoms with E-state index in [1.807, 2.05) is 0 Å². The lowest BCUT2D eigenvalue weighted by Crippen LogP contribution is -2.43. The highest BCUT2D eigenvalue weighted by Crippen LogP contribution is 2.29. The van der Waals surface area contributed by atoms with Gasteiger partial charge in [0.2, 0.25) is 0 Å². The summed E-state index contributed by atoms with van der Waals surface area (Å²) in [5.41, 5.74) is 0.456. The van der Waals surface area contributed by atoms with Gasteiger partial charge in [-0.3, -0.25) is 4.79 Å². The summed E-state index contributed by atoms with van der Waals surface area (Å²) >= 11 is 0. The predicted octanol–water partition coefficient (Wildman–Crippen LogP) is 1.96. The summed E-state index contributed by atoms with van der Waals surface area (Å²) in [5.74, 6) is -2.82. The molecule has 8 heteroatoms. The number of ether oxygens (including phenoxy) is 1. The van der Waals surface area contributed by atoms with Gasteiger partial charge in [0.15, 0.2) is 11.6 Å². The minimum Gasteiger partial charge on any atom is -0.481 e. The topological polar surface area (TPSA) is 87.7 Å². The molecule has 23 heavy (non-hydrogen) atoms. The number of carbonyl (C=O) groups excluding carboxylic acids is 1. The number of hydrogen-bond donors (Lipinski definition) is 3. The van der Waals surface area contributed by atoms with Crippen LogP contribution in [0.25, 0.3) is 0 Å². The SMILES string of the molecule is O=C(O)CCCNC(=O)NC1CCOC1c1ccc(F)c(F)c1. The van der Waals surface area contributed by atoms with E-state index >= 15 is 0 Å². The fourth-order valence-corrected chi connectivity index (χ4v) is 2.42. The van der Waals surface area contributed by atoms with Crippen LogP contribution in [0.1, 0.15) is 30.9 Å². The van der Waals surface area contributed by atoms with Crippen LogP contribution >= 0.6 is 0 Å². The Labute approximate surface area is 131 Å². The Bertz CT molecular complexity index is 583. The molecule has 0 aliphatic carbocycles. The molecule has 1 heterocycles. The van der Waals surface area contributed by atoms with E-state index in [0.29, 0.717) is 25.0 Å². The van der Waals surface area contributed by atoms with Crippen molar-refractivity contribution in [1.82, 2.24) is 10.6 Å². The first-order chi connectivity index (χ1) is 11.0. The number of hydrogen-bond acceptors (Lipinski definition) is 3. The third-order valence-electron chi connectivity index (χ3n) is 3.53. The number of benzene rings is 1. The highest BCUT2D eigenvalue weighted by atomic mass is 19.2. The predicted molar refractivity (Wildman–Crippen MR) is 76.9 cm³/mol. The third-order valence-corrected chi connectivity index (χ3v) is 3.53. The fraction of sp³-hybridized carbons (Fsp3) is 0.467. The molecule has 0 bridgehead atoms. The summed E-state index contributed by atoms with van der Waals surface area (Å²) in [6.45, 7) is 0.634. The molecule has 1 saturated heterocycles. The summed E-state index contributed by atoms with van der Waals surface area (Å²) in [5, 5.41) is 13.8. The summed E-state index contributed by atoms with van der Waals surface area (Å²) in [4.78, 5) is 22.2. The Kier molecular flexibility index (Phi) is 5.86. The number of carboxylic acid groups (broad SMARTS) is 1. The normalized spacial score (nSPS) is 20.3. The lowest BCUT2D eigenvalue weighted by Gasteiger charge is -2.20. The van der Waals surface area contributed by atoms with E-state index in [1.54, 1.807) is 0 Å². The largest absolute Gasteiger partial charge is 0.481 e. The van der Waals surface area contributed by atoms with Crippen molar-refractivity contribution >= 4 is 12.0 Å². The van der Waals surface area contributed by atoms with E-state index < -0.39 is 29.7 Å². The molecular formula is C15H18F2N2O4. The molecule has 0 saturated carbocycles. The number of halogens is 2. The number of aliphatic carboxylic acids is 1. The first kappa shape index (κ1) is 17.1. The van der Waals surface area contributed by atoms with Crippen LogP contribution in [-0.4, -0.2) is 36.3 Å². The number of rotatable bonds is 6. The van der Waals surface area contributed by atoms with Crippen LogP contribution in [0.2, 0.25) is 0 Å². The van der Waals surface area contributed by atoms with Crippen LogP contribution in [0.4, 0.5) is 13.6 Å². The van der Waals surface area contributed by atoms with E-state index in [2.05, 4.69) is 10.6 Å². The van der Waals surface area contributed by atoms with Crippen molar-refractivity contribution in [2.45, 2.75) is 31.4 Å². The standard InChI is InChI=1S/C15H18F2N2O4/c16-10-4-3-9(8-11(10)17)14-12(5-7-23-14)19-15(22)18-6-1-2-13(20)21/h3-4,8,12,14H,1-2,5-7H2,(H,20,21)(H2,18,19,22). The van der Waals surface area contributed by atoms with Crippen LogP contribution in [0.15, 0.2) is 18.2 Å². The second kappa shape index (κ2) is 7.87. The Morgan fingerprint density at radius 3 is 2.78 bits per heavy atom. The zero-order valence-corrected chi connectivity index (χ0v) is 12.4. The van der Waals surface area contributed by atoms with Crippen molar-refractivity contribution in [2.75, 3.05) is 13.2 Å². The van der Waals surface area contributed by atoms with Crippen LogP contribution < -0.4 is 10.6 Å². The number of amides is 2. The first-order valence-corrected chi connectivity index (χ1v) is 7.30. The molecule has 2 rings (SSSR count). The molecule has 2 unspecified atom stereocenters. The van der Waals surface area contributed by atoms with Gasteiger partial charge in [-0.15, -0.1) is 0 Å². The highest BCUT2D eigenvalue weighted by Gasteiger charge is 2.31. The van der Waals surface area contributed by atoms with Crippen LogP contribution in [0, 0.1) is 11.6 Å². The van der Waals surface area contributed by atoms with Gasteiger partial charge in [0, 0.05) is 19.6 Å². The Morgan fingerprint density at radius 2 is 2.09 bits per heavy atom. The van der Waals surface area contributed by atoms with E-state index in [0.717, 1.165) is 12.1 Å². The van der Waals surface area contributed by atoms with Crippen molar-refractivity contribution in [3.8, 4) is 0 Å². The molecule has 1 aromatic rings.